The van der Waals surface area contributed by atoms with Crippen molar-refractivity contribution in [3.8, 4) is 17.2 Å². The van der Waals surface area contributed by atoms with E-state index in [0.717, 1.165) is 35.6 Å². The second kappa shape index (κ2) is 9.66. The summed E-state index contributed by atoms with van der Waals surface area (Å²) in [5.74, 6) is -0.103. The lowest BCUT2D eigenvalue weighted by Crippen LogP contribution is -2.75. The van der Waals surface area contributed by atoms with Crippen LogP contribution in [-0.2, 0) is 19.7 Å². The Balaban J connectivity index is 1.49. The Morgan fingerprint density at radius 1 is 1.07 bits per heavy atom. The SMILES string of the molecule is C/C=C1/CN2CC[C@]34C(=Nc5ccccc53)[C@@H]2C[C@@H]1[C@@]4(COC(=O)c1cc(OC)c(OC)c(OC)c1)C(=O)OC. The standard InChI is InChI=1S/C31H34N2O7/c1-6-18-16-33-12-11-30-20-9-7-8-10-22(20)32-27(30)23(33)15-21(18)31(30,29(35)39-5)17-40-28(34)19-13-24(36-2)26(38-4)25(14-19)37-3/h6-10,13-14,21,23H,11-12,15-17H2,1-5H3/b18-6-/t21-,23-,30+,31-/m0/s1. The molecule has 2 aromatic carbocycles. The molecule has 1 saturated carbocycles. The van der Waals surface area contributed by atoms with Gasteiger partial charge in [-0.2, -0.15) is 0 Å². The number of methoxy groups -OCH3 is 4. The highest BCUT2D eigenvalue weighted by Gasteiger charge is 2.74. The van der Waals surface area contributed by atoms with Crippen LogP contribution >= 0.6 is 0 Å². The number of piperidine rings is 2. The zero-order valence-electron chi connectivity index (χ0n) is 23.5. The van der Waals surface area contributed by atoms with E-state index in [0.29, 0.717) is 30.1 Å². The third-order valence-corrected chi connectivity index (χ3v) is 9.47. The number of carbonyl (C=O) groups is 2. The number of benzene rings is 2. The number of hydrogen-bond acceptors (Lipinski definition) is 9. The molecule has 4 aliphatic rings. The first-order chi connectivity index (χ1) is 19.4. The highest BCUT2D eigenvalue weighted by Crippen LogP contribution is 2.66. The van der Waals surface area contributed by atoms with Crippen molar-refractivity contribution in [1.82, 2.24) is 4.90 Å². The van der Waals surface area contributed by atoms with Gasteiger partial charge in [0, 0.05) is 24.7 Å². The van der Waals surface area contributed by atoms with Gasteiger partial charge < -0.3 is 23.7 Å². The fourth-order valence-corrected chi connectivity index (χ4v) is 7.77. The Kier molecular flexibility index (Phi) is 6.37. The first-order valence-corrected chi connectivity index (χ1v) is 13.5. The van der Waals surface area contributed by atoms with Gasteiger partial charge >= 0.3 is 11.9 Å². The van der Waals surface area contributed by atoms with Gasteiger partial charge in [-0.15, -0.1) is 0 Å². The van der Waals surface area contributed by atoms with E-state index >= 15 is 0 Å². The quantitative estimate of drug-likeness (QED) is 0.378. The molecule has 4 atom stereocenters. The summed E-state index contributed by atoms with van der Waals surface area (Å²) in [6.07, 6.45) is 3.50. The molecule has 2 saturated heterocycles. The van der Waals surface area contributed by atoms with E-state index in [9.17, 15) is 9.59 Å². The lowest BCUT2D eigenvalue weighted by molar-refractivity contribution is -0.170. The van der Waals surface area contributed by atoms with Crippen LogP contribution in [0, 0.1) is 11.3 Å². The van der Waals surface area contributed by atoms with Gasteiger partial charge in [0.05, 0.1) is 51.1 Å². The number of ether oxygens (including phenoxy) is 5. The zero-order valence-corrected chi connectivity index (χ0v) is 23.5. The second-order valence-electron chi connectivity index (χ2n) is 10.8. The number of fused-ring (bicyclic) bond motifs is 2. The van der Waals surface area contributed by atoms with Gasteiger partial charge in [-0.1, -0.05) is 29.8 Å². The lowest BCUT2D eigenvalue weighted by Gasteiger charge is -2.64. The third kappa shape index (κ3) is 3.33. The second-order valence-corrected chi connectivity index (χ2v) is 10.8. The number of hydrogen-bond donors (Lipinski definition) is 0. The predicted octanol–water partition coefficient (Wildman–Crippen LogP) is 4.11. The molecule has 210 valence electrons. The summed E-state index contributed by atoms with van der Waals surface area (Å²) in [6.45, 7) is 3.41. The fraction of sp³-hybridized carbons (Fsp3) is 0.452. The van der Waals surface area contributed by atoms with Crippen molar-refractivity contribution in [2.45, 2.75) is 31.2 Å². The van der Waals surface area contributed by atoms with Crippen LogP contribution in [-0.4, -0.2) is 76.7 Å². The molecule has 0 amide bonds. The van der Waals surface area contributed by atoms with Crippen LogP contribution in [0.1, 0.15) is 35.7 Å². The van der Waals surface area contributed by atoms with Gasteiger partial charge in [-0.25, -0.2) is 4.79 Å². The van der Waals surface area contributed by atoms with E-state index in [1.165, 1.54) is 28.4 Å². The van der Waals surface area contributed by atoms with Crippen LogP contribution in [0.15, 0.2) is 53.0 Å². The molecular formula is C31H34N2O7. The first kappa shape index (κ1) is 26.4. The molecule has 0 unspecified atom stereocenters. The molecule has 3 aliphatic heterocycles. The van der Waals surface area contributed by atoms with Crippen LogP contribution in [0.2, 0.25) is 0 Å². The van der Waals surface area contributed by atoms with Crippen LogP contribution < -0.4 is 14.2 Å². The number of para-hydroxylation sites is 1. The highest BCUT2D eigenvalue weighted by molar-refractivity contribution is 6.11. The van der Waals surface area contributed by atoms with E-state index in [-0.39, 0.29) is 30.1 Å². The van der Waals surface area contributed by atoms with Gasteiger partial charge in [0.15, 0.2) is 11.5 Å². The molecular weight excluding hydrogens is 512 g/mol. The van der Waals surface area contributed by atoms with Gasteiger partial charge in [0.2, 0.25) is 5.75 Å². The van der Waals surface area contributed by atoms with Crippen LogP contribution in [0.25, 0.3) is 0 Å². The molecule has 0 spiro atoms. The monoisotopic (exact) mass is 546 g/mol. The van der Waals surface area contributed by atoms with Crippen molar-refractivity contribution in [2.24, 2.45) is 16.3 Å². The number of esters is 2. The smallest absolute Gasteiger partial charge is 0.338 e. The summed E-state index contributed by atoms with van der Waals surface area (Å²) in [4.78, 5) is 35.5. The van der Waals surface area contributed by atoms with Crippen molar-refractivity contribution in [1.29, 1.82) is 0 Å². The summed E-state index contributed by atoms with van der Waals surface area (Å²) in [5.41, 5.74) is 2.32. The summed E-state index contributed by atoms with van der Waals surface area (Å²) in [7, 11) is 5.89. The average molecular weight is 547 g/mol. The van der Waals surface area contributed by atoms with Crippen molar-refractivity contribution >= 4 is 23.3 Å². The molecule has 0 aromatic heterocycles. The number of rotatable bonds is 7. The van der Waals surface area contributed by atoms with E-state index < -0.39 is 16.8 Å². The Morgan fingerprint density at radius 3 is 2.45 bits per heavy atom. The van der Waals surface area contributed by atoms with Gasteiger partial charge in [-0.3, -0.25) is 14.7 Å². The molecule has 1 aliphatic carbocycles. The maximum atomic E-state index is 14.3. The first-order valence-electron chi connectivity index (χ1n) is 13.5. The minimum Gasteiger partial charge on any atom is -0.493 e. The maximum Gasteiger partial charge on any atom is 0.338 e. The fourth-order valence-electron chi connectivity index (χ4n) is 7.77. The normalized spacial score (nSPS) is 28.8. The van der Waals surface area contributed by atoms with Crippen LogP contribution in [0.3, 0.4) is 0 Å². The van der Waals surface area contributed by atoms with Gasteiger partial charge in [0.25, 0.3) is 0 Å². The van der Waals surface area contributed by atoms with E-state index in [4.69, 9.17) is 28.7 Å². The molecule has 2 aromatic rings. The molecule has 40 heavy (non-hydrogen) atoms. The van der Waals surface area contributed by atoms with Crippen molar-refractivity contribution in [3.05, 3.63) is 59.2 Å². The Labute approximate surface area is 233 Å². The summed E-state index contributed by atoms with van der Waals surface area (Å²) in [6, 6.07) is 11.3. The summed E-state index contributed by atoms with van der Waals surface area (Å²) in [5, 5.41) is 0. The molecule has 9 nitrogen and oxygen atoms in total. The molecule has 9 heteroatoms. The number of allylic oxidation sites excluding steroid dienone is 1. The lowest BCUT2D eigenvalue weighted by atomic mass is 9.43. The largest absolute Gasteiger partial charge is 0.493 e. The topological polar surface area (TPSA) is 95.9 Å². The summed E-state index contributed by atoms with van der Waals surface area (Å²) < 4.78 is 28.0. The third-order valence-electron chi connectivity index (χ3n) is 9.47. The van der Waals surface area contributed by atoms with Crippen molar-refractivity contribution in [3.63, 3.8) is 0 Å². The van der Waals surface area contributed by atoms with E-state index in [1.54, 1.807) is 12.1 Å². The predicted molar refractivity (Wildman–Crippen MR) is 148 cm³/mol. The Hall–Kier alpha value is -3.85. The number of carbonyl (C=O) groups excluding carboxylic acids is 2. The van der Waals surface area contributed by atoms with Crippen molar-refractivity contribution < 1.29 is 33.3 Å². The molecule has 3 heterocycles. The average Bonchev–Trinajstić information content (AvgIpc) is 3.36. The number of aliphatic imine (C=N–C) groups is 1. The number of nitrogens with zero attached hydrogens (tertiary/aromatic N) is 2. The summed E-state index contributed by atoms with van der Waals surface area (Å²) >= 11 is 0. The highest BCUT2D eigenvalue weighted by atomic mass is 16.6. The molecule has 3 fully saturated rings. The Bertz CT molecular complexity index is 1420. The molecule has 6 rings (SSSR count). The van der Waals surface area contributed by atoms with Gasteiger partial charge in [0.1, 0.15) is 12.0 Å². The van der Waals surface area contributed by atoms with Gasteiger partial charge in [-0.05, 0) is 43.5 Å². The van der Waals surface area contributed by atoms with E-state index in [2.05, 4.69) is 17.0 Å². The minimum atomic E-state index is -1.19. The molecule has 3 bridgehead atoms. The zero-order chi connectivity index (χ0) is 28.2. The van der Waals surface area contributed by atoms with Crippen LogP contribution in [0.5, 0.6) is 17.2 Å². The minimum absolute atomic E-state index is 0.124. The maximum absolute atomic E-state index is 14.3. The van der Waals surface area contributed by atoms with Crippen LogP contribution in [0.4, 0.5) is 5.69 Å². The molecule has 0 N–H and O–H groups in total. The molecule has 0 radical (unpaired) electrons. The Morgan fingerprint density at radius 2 is 1.80 bits per heavy atom. The van der Waals surface area contributed by atoms with Crippen molar-refractivity contribution in [2.75, 3.05) is 48.1 Å². The van der Waals surface area contributed by atoms with E-state index in [1.807, 2.05) is 25.1 Å².